The molecule has 0 spiro atoms. The number of fused-ring (bicyclic) bond motifs is 1. The molecular formula is C17H23N5OS. The molecule has 6 nitrogen and oxygen atoms in total. The number of amidine groups is 1. The topological polar surface area (TPSA) is 53.7 Å². The molecule has 0 aromatic carbocycles. The van der Waals surface area contributed by atoms with Crippen LogP contribution in [0.3, 0.4) is 0 Å². The summed E-state index contributed by atoms with van der Waals surface area (Å²) >= 11 is 1.51. The average Bonchev–Trinajstić information content (AvgIpc) is 3.27. The molecule has 0 bridgehead atoms. The summed E-state index contributed by atoms with van der Waals surface area (Å²) in [5.41, 5.74) is 2.09. The fourth-order valence-corrected chi connectivity index (χ4v) is 4.70. The molecular weight excluding hydrogens is 322 g/mol. The molecule has 3 aliphatic rings. The van der Waals surface area contributed by atoms with Gasteiger partial charge in [0.15, 0.2) is 5.17 Å². The molecule has 4 rings (SSSR count). The van der Waals surface area contributed by atoms with E-state index in [4.69, 9.17) is 0 Å². The van der Waals surface area contributed by atoms with E-state index in [1.165, 1.54) is 31.1 Å². The third-order valence-corrected chi connectivity index (χ3v) is 6.24. The van der Waals surface area contributed by atoms with Crippen molar-refractivity contribution in [2.24, 2.45) is 4.99 Å². The Morgan fingerprint density at radius 1 is 1.38 bits per heavy atom. The normalized spacial score (nSPS) is 26.3. The summed E-state index contributed by atoms with van der Waals surface area (Å²) in [6.07, 6.45) is 6.32. The van der Waals surface area contributed by atoms with E-state index in [-0.39, 0.29) is 5.91 Å². The second kappa shape index (κ2) is 6.37. The standard InChI is InChI=1S/C17H23N5OS/c1-3-22-12(2)13(10-18-22)9-15-16(23)19-17(24-15)21-8-7-20-6-4-5-14(20)11-21/h9-10,14H,3-8,11H2,1-2H3/b15-9+/t14-/m0/s1. The highest BCUT2D eigenvalue weighted by Gasteiger charge is 2.34. The predicted octanol–water partition coefficient (Wildman–Crippen LogP) is 1.96. The molecule has 0 saturated carbocycles. The van der Waals surface area contributed by atoms with Gasteiger partial charge in [-0.25, -0.2) is 0 Å². The van der Waals surface area contributed by atoms with Gasteiger partial charge in [0.25, 0.3) is 5.91 Å². The number of rotatable bonds is 2. The first kappa shape index (κ1) is 15.9. The molecule has 24 heavy (non-hydrogen) atoms. The maximum absolute atomic E-state index is 12.3. The van der Waals surface area contributed by atoms with E-state index >= 15 is 0 Å². The number of carbonyl (C=O) groups excluding carboxylic acids is 1. The highest BCUT2D eigenvalue weighted by Crippen LogP contribution is 2.32. The number of piperazine rings is 1. The molecule has 0 radical (unpaired) electrons. The van der Waals surface area contributed by atoms with E-state index < -0.39 is 0 Å². The molecule has 1 aromatic rings. The number of aliphatic imine (C=N–C) groups is 1. The van der Waals surface area contributed by atoms with Crippen LogP contribution in [0, 0.1) is 6.92 Å². The number of nitrogens with zero attached hydrogens (tertiary/aromatic N) is 5. The van der Waals surface area contributed by atoms with Crippen molar-refractivity contribution in [3.8, 4) is 0 Å². The van der Waals surface area contributed by atoms with Crippen molar-refractivity contribution in [1.29, 1.82) is 0 Å². The van der Waals surface area contributed by atoms with Crippen LogP contribution in [0.5, 0.6) is 0 Å². The van der Waals surface area contributed by atoms with E-state index in [0.29, 0.717) is 10.9 Å². The zero-order valence-electron chi connectivity index (χ0n) is 14.2. The van der Waals surface area contributed by atoms with Crippen LogP contribution in [0.25, 0.3) is 6.08 Å². The van der Waals surface area contributed by atoms with Crippen molar-refractivity contribution in [1.82, 2.24) is 19.6 Å². The van der Waals surface area contributed by atoms with Gasteiger partial charge in [-0.1, -0.05) is 0 Å². The molecule has 0 unspecified atom stereocenters. The Morgan fingerprint density at radius 3 is 3.04 bits per heavy atom. The Balaban J connectivity index is 1.48. The van der Waals surface area contributed by atoms with Crippen LogP contribution in [0.15, 0.2) is 16.1 Å². The average molecular weight is 345 g/mol. The van der Waals surface area contributed by atoms with Gasteiger partial charge in [0.1, 0.15) is 0 Å². The number of hydrogen-bond donors (Lipinski definition) is 0. The summed E-state index contributed by atoms with van der Waals surface area (Å²) in [4.78, 5) is 22.2. The van der Waals surface area contributed by atoms with Gasteiger partial charge in [0.05, 0.1) is 11.1 Å². The van der Waals surface area contributed by atoms with Crippen LogP contribution >= 0.6 is 11.8 Å². The van der Waals surface area contributed by atoms with Gasteiger partial charge in [-0.3, -0.25) is 14.4 Å². The van der Waals surface area contributed by atoms with Gasteiger partial charge >= 0.3 is 0 Å². The lowest BCUT2D eigenvalue weighted by Crippen LogP contribution is -2.51. The summed E-state index contributed by atoms with van der Waals surface area (Å²) in [5, 5.41) is 5.22. The summed E-state index contributed by atoms with van der Waals surface area (Å²) in [6, 6.07) is 0.634. The minimum atomic E-state index is -0.118. The zero-order chi connectivity index (χ0) is 16.7. The monoisotopic (exact) mass is 345 g/mol. The third kappa shape index (κ3) is 2.80. The lowest BCUT2D eigenvalue weighted by molar-refractivity contribution is -0.113. The Bertz CT molecular complexity index is 723. The van der Waals surface area contributed by atoms with Gasteiger partial charge in [0.2, 0.25) is 0 Å². The number of aryl methyl sites for hydroxylation is 1. The molecule has 2 fully saturated rings. The molecule has 1 atom stereocenters. The Morgan fingerprint density at radius 2 is 2.25 bits per heavy atom. The van der Waals surface area contributed by atoms with E-state index in [9.17, 15) is 4.79 Å². The van der Waals surface area contributed by atoms with Crippen molar-refractivity contribution >= 4 is 28.9 Å². The Labute approximate surface area is 146 Å². The number of amides is 1. The fourth-order valence-electron chi connectivity index (χ4n) is 3.76. The van der Waals surface area contributed by atoms with Crippen molar-refractivity contribution in [2.75, 3.05) is 26.2 Å². The van der Waals surface area contributed by atoms with Crippen molar-refractivity contribution in [3.63, 3.8) is 0 Å². The van der Waals surface area contributed by atoms with Crippen molar-refractivity contribution in [2.45, 2.75) is 39.3 Å². The minimum absolute atomic E-state index is 0.118. The maximum Gasteiger partial charge on any atom is 0.286 e. The first-order valence-corrected chi connectivity index (χ1v) is 9.51. The molecule has 7 heteroatoms. The SMILES string of the molecule is CCn1ncc(/C=C2/SC(N3CCN4CCC[C@H]4C3)=NC2=O)c1C. The number of thioether (sulfide) groups is 1. The lowest BCUT2D eigenvalue weighted by Gasteiger charge is -2.38. The number of hydrogen-bond acceptors (Lipinski definition) is 5. The van der Waals surface area contributed by atoms with Crippen LogP contribution in [-0.2, 0) is 11.3 Å². The van der Waals surface area contributed by atoms with E-state index in [2.05, 4.69) is 26.8 Å². The van der Waals surface area contributed by atoms with Crippen LogP contribution in [0.4, 0.5) is 0 Å². The van der Waals surface area contributed by atoms with Crippen molar-refractivity contribution in [3.05, 3.63) is 22.4 Å². The largest absolute Gasteiger partial charge is 0.348 e. The highest BCUT2D eigenvalue weighted by molar-refractivity contribution is 8.18. The van der Waals surface area contributed by atoms with E-state index in [0.717, 1.165) is 42.6 Å². The zero-order valence-corrected chi connectivity index (χ0v) is 15.1. The summed E-state index contributed by atoms with van der Waals surface area (Å²) < 4.78 is 1.94. The molecule has 128 valence electrons. The predicted molar refractivity (Wildman–Crippen MR) is 96.8 cm³/mol. The third-order valence-electron chi connectivity index (χ3n) is 5.19. The summed E-state index contributed by atoms with van der Waals surface area (Å²) in [7, 11) is 0. The van der Waals surface area contributed by atoms with Crippen molar-refractivity contribution < 1.29 is 4.79 Å². The highest BCUT2D eigenvalue weighted by atomic mass is 32.2. The maximum atomic E-state index is 12.3. The summed E-state index contributed by atoms with van der Waals surface area (Å²) in [6.45, 7) is 9.21. The molecule has 3 aliphatic heterocycles. The van der Waals surface area contributed by atoms with Crippen LogP contribution in [0.1, 0.15) is 31.0 Å². The van der Waals surface area contributed by atoms with Gasteiger partial charge in [-0.15, -0.1) is 0 Å². The molecule has 0 N–H and O–H groups in total. The molecule has 2 saturated heterocycles. The second-order valence-electron chi connectivity index (χ2n) is 6.59. The Hall–Kier alpha value is -1.60. The van der Waals surface area contributed by atoms with Crippen LogP contribution < -0.4 is 0 Å². The molecule has 1 amide bonds. The van der Waals surface area contributed by atoms with Gasteiger partial charge < -0.3 is 4.90 Å². The number of aromatic nitrogens is 2. The fraction of sp³-hybridized carbons (Fsp3) is 0.588. The van der Waals surface area contributed by atoms with Gasteiger partial charge in [-0.2, -0.15) is 10.1 Å². The minimum Gasteiger partial charge on any atom is -0.348 e. The van der Waals surface area contributed by atoms with E-state index in [1.54, 1.807) is 0 Å². The van der Waals surface area contributed by atoms with Crippen LogP contribution in [-0.4, -0.2) is 62.9 Å². The molecule has 0 aliphatic carbocycles. The summed E-state index contributed by atoms with van der Waals surface area (Å²) in [5.74, 6) is -0.118. The smallest absolute Gasteiger partial charge is 0.286 e. The second-order valence-corrected chi connectivity index (χ2v) is 7.60. The first-order chi connectivity index (χ1) is 11.7. The lowest BCUT2D eigenvalue weighted by atomic mass is 10.2. The van der Waals surface area contributed by atoms with E-state index in [1.807, 2.05) is 23.9 Å². The molecule has 4 heterocycles. The van der Waals surface area contributed by atoms with Gasteiger partial charge in [-0.05, 0) is 51.1 Å². The quantitative estimate of drug-likeness (QED) is 0.767. The molecule has 1 aromatic heterocycles. The van der Waals surface area contributed by atoms with Gasteiger partial charge in [0, 0.05) is 43.5 Å². The van der Waals surface area contributed by atoms with Crippen LogP contribution in [0.2, 0.25) is 0 Å². The Kier molecular flexibility index (Phi) is 4.22. The number of carbonyl (C=O) groups is 1. The first-order valence-electron chi connectivity index (χ1n) is 8.69.